The molecule has 0 aliphatic rings. The predicted octanol–water partition coefficient (Wildman–Crippen LogP) is 3.14. The van der Waals surface area contributed by atoms with Gasteiger partial charge in [0.25, 0.3) is 0 Å². The van der Waals surface area contributed by atoms with Gasteiger partial charge in [0.05, 0.1) is 6.61 Å². The first-order chi connectivity index (χ1) is 13.1. The van der Waals surface area contributed by atoms with Crippen LogP contribution >= 0.6 is 0 Å². The Balaban J connectivity index is 2.40. The second kappa shape index (κ2) is 14.3. The Morgan fingerprint density at radius 2 is 1.93 bits per heavy atom. The van der Waals surface area contributed by atoms with Gasteiger partial charge in [0, 0.05) is 59.1 Å². The van der Waals surface area contributed by atoms with E-state index in [0.717, 1.165) is 49.9 Å². The SMILES string of the molecule is CN=C(NCCCOCC(C)C)NCc1ccc(C)cc1OCCCOC. The summed E-state index contributed by atoms with van der Waals surface area (Å²) >= 11 is 0. The summed E-state index contributed by atoms with van der Waals surface area (Å²) in [5.41, 5.74) is 2.30. The molecule has 0 atom stereocenters. The van der Waals surface area contributed by atoms with Crippen molar-refractivity contribution in [3.05, 3.63) is 29.3 Å². The number of ether oxygens (including phenoxy) is 3. The monoisotopic (exact) mass is 379 g/mol. The molecule has 0 spiro atoms. The predicted molar refractivity (Wildman–Crippen MR) is 112 cm³/mol. The van der Waals surface area contributed by atoms with E-state index in [2.05, 4.69) is 54.6 Å². The van der Waals surface area contributed by atoms with Crippen LogP contribution in [0.4, 0.5) is 0 Å². The molecule has 0 heterocycles. The van der Waals surface area contributed by atoms with Crippen molar-refractivity contribution in [1.82, 2.24) is 10.6 Å². The first-order valence-electron chi connectivity index (χ1n) is 9.80. The average molecular weight is 380 g/mol. The van der Waals surface area contributed by atoms with Gasteiger partial charge in [0.1, 0.15) is 5.75 Å². The van der Waals surface area contributed by atoms with E-state index in [9.17, 15) is 0 Å². The second-order valence-corrected chi connectivity index (χ2v) is 6.98. The summed E-state index contributed by atoms with van der Waals surface area (Å²) in [6.45, 7) is 10.8. The van der Waals surface area contributed by atoms with Gasteiger partial charge in [0.2, 0.25) is 0 Å². The van der Waals surface area contributed by atoms with Crippen molar-refractivity contribution in [3.63, 3.8) is 0 Å². The maximum atomic E-state index is 5.93. The van der Waals surface area contributed by atoms with Crippen molar-refractivity contribution in [3.8, 4) is 5.75 Å². The largest absolute Gasteiger partial charge is 0.493 e. The highest BCUT2D eigenvalue weighted by molar-refractivity contribution is 5.79. The van der Waals surface area contributed by atoms with E-state index in [0.29, 0.717) is 25.7 Å². The van der Waals surface area contributed by atoms with Crippen LogP contribution in [0.3, 0.4) is 0 Å². The van der Waals surface area contributed by atoms with Gasteiger partial charge < -0.3 is 24.8 Å². The summed E-state index contributed by atoms with van der Waals surface area (Å²) in [5, 5.41) is 6.67. The average Bonchev–Trinajstić information content (AvgIpc) is 2.65. The molecule has 27 heavy (non-hydrogen) atoms. The Labute approximate surface area is 164 Å². The summed E-state index contributed by atoms with van der Waals surface area (Å²) in [4.78, 5) is 4.28. The first-order valence-corrected chi connectivity index (χ1v) is 9.80. The van der Waals surface area contributed by atoms with Crippen molar-refractivity contribution in [2.45, 2.75) is 40.2 Å². The van der Waals surface area contributed by atoms with E-state index in [4.69, 9.17) is 14.2 Å². The summed E-state index contributed by atoms with van der Waals surface area (Å²) < 4.78 is 16.6. The van der Waals surface area contributed by atoms with Crippen molar-refractivity contribution in [2.24, 2.45) is 10.9 Å². The standard InChI is InChI=1S/C21H37N3O3/c1-17(2)16-26-12-6-10-23-21(22-4)24-15-19-9-8-18(3)14-20(19)27-13-7-11-25-5/h8-9,14,17H,6-7,10-13,15-16H2,1-5H3,(H2,22,23,24). The molecule has 6 nitrogen and oxygen atoms in total. The van der Waals surface area contributed by atoms with Gasteiger partial charge in [0.15, 0.2) is 5.96 Å². The molecule has 0 bridgehead atoms. The van der Waals surface area contributed by atoms with Crippen molar-refractivity contribution in [1.29, 1.82) is 0 Å². The van der Waals surface area contributed by atoms with Crippen LogP contribution < -0.4 is 15.4 Å². The van der Waals surface area contributed by atoms with Gasteiger partial charge in [-0.3, -0.25) is 4.99 Å². The van der Waals surface area contributed by atoms with E-state index < -0.39 is 0 Å². The normalized spacial score (nSPS) is 11.7. The van der Waals surface area contributed by atoms with Gasteiger partial charge in [-0.1, -0.05) is 26.0 Å². The van der Waals surface area contributed by atoms with Gasteiger partial charge in [-0.2, -0.15) is 0 Å². The molecule has 0 amide bonds. The number of hydrogen-bond acceptors (Lipinski definition) is 4. The fraction of sp³-hybridized carbons (Fsp3) is 0.667. The number of rotatable bonds is 13. The van der Waals surface area contributed by atoms with Crippen LogP contribution in [0.1, 0.15) is 37.8 Å². The number of nitrogens with zero attached hydrogens (tertiary/aromatic N) is 1. The van der Waals surface area contributed by atoms with Gasteiger partial charge in [-0.15, -0.1) is 0 Å². The lowest BCUT2D eigenvalue weighted by molar-refractivity contribution is 0.108. The minimum Gasteiger partial charge on any atom is -0.493 e. The molecule has 0 fully saturated rings. The summed E-state index contributed by atoms with van der Waals surface area (Å²) in [7, 11) is 3.49. The molecule has 1 aromatic rings. The number of benzene rings is 1. The molecular weight excluding hydrogens is 342 g/mol. The first kappa shape index (κ1) is 23.2. The van der Waals surface area contributed by atoms with Crippen molar-refractivity contribution in [2.75, 3.05) is 47.1 Å². The Morgan fingerprint density at radius 1 is 1.11 bits per heavy atom. The molecule has 0 aliphatic carbocycles. The van der Waals surface area contributed by atoms with E-state index in [-0.39, 0.29) is 0 Å². The Hall–Kier alpha value is -1.79. The molecule has 6 heteroatoms. The fourth-order valence-electron chi connectivity index (χ4n) is 2.43. The lowest BCUT2D eigenvalue weighted by atomic mass is 10.1. The Morgan fingerprint density at radius 3 is 2.63 bits per heavy atom. The van der Waals surface area contributed by atoms with E-state index in [1.807, 2.05) is 0 Å². The number of aliphatic imine (C=N–C) groups is 1. The molecule has 0 aliphatic heterocycles. The van der Waals surface area contributed by atoms with Crippen LogP contribution in [0.2, 0.25) is 0 Å². The highest BCUT2D eigenvalue weighted by Crippen LogP contribution is 2.20. The van der Waals surface area contributed by atoms with Gasteiger partial charge in [-0.25, -0.2) is 0 Å². The summed E-state index contributed by atoms with van der Waals surface area (Å²) in [6, 6.07) is 6.27. The number of guanidine groups is 1. The van der Waals surface area contributed by atoms with Gasteiger partial charge in [-0.05, 0) is 30.9 Å². The van der Waals surface area contributed by atoms with Crippen LogP contribution in [0.5, 0.6) is 5.75 Å². The van der Waals surface area contributed by atoms with Crippen LogP contribution in [0.15, 0.2) is 23.2 Å². The minimum atomic E-state index is 0.577. The molecule has 0 saturated carbocycles. The maximum absolute atomic E-state index is 5.93. The zero-order chi connectivity index (χ0) is 19.9. The highest BCUT2D eigenvalue weighted by atomic mass is 16.5. The van der Waals surface area contributed by atoms with Crippen LogP contribution in [0, 0.1) is 12.8 Å². The molecule has 2 N–H and O–H groups in total. The van der Waals surface area contributed by atoms with E-state index in [1.54, 1.807) is 14.2 Å². The number of nitrogens with one attached hydrogen (secondary N) is 2. The smallest absolute Gasteiger partial charge is 0.191 e. The molecule has 0 aromatic heterocycles. The van der Waals surface area contributed by atoms with Gasteiger partial charge >= 0.3 is 0 Å². The fourth-order valence-corrected chi connectivity index (χ4v) is 2.43. The lowest BCUT2D eigenvalue weighted by Crippen LogP contribution is -2.37. The van der Waals surface area contributed by atoms with E-state index >= 15 is 0 Å². The Bertz CT molecular complexity index is 547. The van der Waals surface area contributed by atoms with E-state index in [1.165, 1.54) is 5.56 Å². The van der Waals surface area contributed by atoms with Crippen molar-refractivity contribution < 1.29 is 14.2 Å². The topological polar surface area (TPSA) is 64.1 Å². The lowest BCUT2D eigenvalue weighted by Gasteiger charge is -2.15. The highest BCUT2D eigenvalue weighted by Gasteiger charge is 2.06. The number of methoxy groups -OCH3 is 1. The quantitative estimate of drug-likeness (QED) is 0.313. The van der Waals surface area contributed by atoms with Crippen molar-refractivity contribution >= 4 is 5.96 Å². The third-order valence-electron chi connectivity index (χ3n) is 3.85. The minimum absolute atomic E-state index is 0.577. The third-order valence-corrected chi connectivity index (χ3v) is 3.85. The summed E-state index contributed by atoms with van der Waals surface area (Å²) in [6.07, 6.45) is 1.82. The number of aryl methyl sites for hydroxylation is 1. The van der Waals surface area contributed by atoms with Crippen LogP contribution in [0.25, 0.3) is 0 Å². The number of hydrogen-bond donors (Lipinski definition) is 2. The third kappa shape index (κ3) is 10.8. The van der Waals surface area contributed by atoms with Crippen LogP contribution in [-0.2, 0) is 16.0 Å². The molecule has 154 valence electrons. The van der Waals surface area contributed by atoms with Crippen LogP contribution in [-0.4, -0.2) is 53.1 Å². The zero-order valence-electron chi connectivity index (χ0n) is 17.6. The molecule has 0 radical (unpaired) electrons. The molecular formula is C21H37N3O3. The molecule has 1 aromatic carbocycles. The second-order valence-electron chi connectivity index (χ2n) is 6.98. The Kier molecular flexibility index (Phi) is 12.3. The summed E-state index contributed by atoms with van der Waals surface area (Å²) in [5.74, 6) is 2.27. The zero-order valence-corrected chi connectivity index (χ0v) is 17.6. The molecule has 1 rings (SSSR count). The maximum Gasteiger partial charge on any atom is 0.191 e. The molecule has 0 saturated heterocycles. The molecule has 0 unspecified atom stereocenters.